The van der Waals surface area contributed by atoms with Crippen LogP contribution in [0.3, 0.4) is 0 Å². The Morgan fingerprint density at radius 1 is 1.00 bits per heavy atom. The molecular weight excluding hydrogens is 110 g/mol. The van der Waals surface area contributed by atoms with Gasteiger partial charge in [-0.05, 0) is 0 Å². The second-order valence-electron chi connectivity index (χ2n) is 0. The fourth-order valence-electron chi connectivity index (χ4n) is 0. The average Bonchev–Trinajstić information content (AvgIpc) is 1.00. The third kappa shape index (κ3) is 9.73. The van der Waals surface area contributed by atoms with Crippen LogP contribution in [0.15, 0.2) is 0 Å². The van der Waals surface area contributed by atoms with Gasteiger partial charge in [-0.3, -0.25) is 0 Å². The van der Waals surface area contributed by atoms with E-state index < -0.39 is 0 Å². The molecule has 0 saturated heterocycles. The van der Waals surface area contributed by atoms with E-state index in [1.54, 1.807) is 0 Å². The Labute approximate surface area is 59.0 Å². The van der Waals surface area contributed by atoms with Gasteiger partial charge in [-0.25, -0.2) is 0 Å². The van der Waals surface area contributed by atoms with Crippen LogP contribution in [-0.2, 0) is 0 Å². The molecule has 24 valence electrons. The normalized spacial score (nSPS) is 0.500. The summed E-state index contributed by atoms with van der Waals surface area (Å²) in [4.78, 5) is 0. The molecule has 0 aromatic heterocycles. The minimum atomic E-state index is 0. The van der Waals surface area contributed by atoms with E-state index in [-0.39, 0.29) is 40.4 Å². The Balaban J connectivity index is -0.000000000333. The molecule has 0 heterocycles. The van der Waals surface area contributed by atoms with Crippen LogP contribution in [0.25, 0.3) is 0 Å². The van der Waals surface area contributed by atoms with Gasteiger partial charge in [-0.15, -0.1) is 0 Å². The molecule has 4 heteroatoms. The van der Waals surface area contributed by atoms with Gasteiger partial charge in [0.1, 0.15) is 0 Å². The molecule has 6 radical (unpaired) electrons. The first-order chi connectivity index (χ1) is 1.00. The minimum absolute atomic E-state index is 0. The SMILES string of the molecule is [Al].[Al].[HH].[HH].[HH].[HH].[SiH]#[SiH]. The fourth-order valence-corrected chi connectivity index (χ4v) is 0. The first kappa shape index (κ1) is 17.8. The lowest BCUT2D eigenvalue weighted by Gasteiger charge is -0.653. The van der Waals surface area contributed by atoms with E-state index in [9.17, 15) is 0 Å². The first-order valence-electron chi connectivity index (χ1n) is 0.333. The lowest BCUT2D eigenvalue weighted by molar-refractivity contribution is 5.18. The van der Waals surface area contributed by atoms with Gasteiger partial charge in [-0.2, -0.15) is 0 Å². The van der Waals surface area contributed by atoms with Crippen LogP contribution >= 0.6 is 0 Å². The molecule has 0 atom stereocenters. The van der Waals surface area contributed by atoms with E-state index in [0.29, 0.717) is 0 Å². The summed E-state index contributed by atoms with van der Waals surface area (Å²) < 4.78 is 0. The van der Waals surface area contributed by atoms with Gasteiger partial charge in [0.2, 0.25) is 0 Å². The van der Waals surface area contributed by atoms with Crippen LogP contribution in [0.4, 0.5) is 0 Å². The molecule has 0 unspecified atom stereocenters. The molecule has 0 aliphatic carbocycles. The van der Waals surface area contributed by atoms with Crippen molar-refractivity contribution >= 4 is 53.0 Å². The highest BCUT2D eigenvalue weighted by atomic mass is 28.7. The molecule has 0 aromatic carbocycles. The molecule has 0 saturated carbocycles. The summed E-state index contributed by atoms with van der Waals surface area (Å²) in [6.45, 7) is 0. The molecule has 0 fully saturated rings. The molecule has 0 aromatic rings. The molecule has 0 bridgehead atoms. The largest absolute Gasteiger partial charge is 0.0757 e. The standard InChI is InChI=1S/2Al.H2Si2.4H2/c;;1-2;;;;/h;;1-2H;4*1H. The van der Waals surface area contributed by atoms with Crippen molar-refractivity contribution in [1.29, 1.82) is 0 Å². The molecule has 0 nitrogen and oxygen atoms in total. The van der Waals surface area contributed by atoms with Crippen molar-refractivity contribution in [3.8, 4) is 0 Å². The zero-order chi connectivity index (χ0) is 2.00. The molecule has 0 rings (SSSR count). The van der Waals surface area contributed by atoms with E-state index in [0.717, 1.165) is 0 Å². The summed E-state index contributed by atoms with van der Waals surface area (Å²) in [7, 11) is 4.67. The van der Waals surface area contributed by atoms with Crippen LogP contribution in [0, 0.1) is 0 Å². The van der Waals surface area contributed by atoms with E-state index in [4.69, 9.17) is 0 Å². The third-order valence-corrected chi connectivity index (χ3v) is 0. The Morgan fingerprint density at radius 2 is 1.00 bits per heavy atom. The Morgan fingerprint density at radius 3 is 1.00 bits per heavy atom. The number of hydrogen-bond donors (Lipinski definition) is 0. The lowest BCUT2D eigenvalue weighted by atomic mass is 27.0. The van der Waals surface area contributed by atoms with Crippen LogP contribution in [0.1, 0.15) is 5.71 Å². The molecular formula is H10Al2Si2. The summed E-state index contributed by atoms with van der Waals surface area (Å²) in [6.07, 6.45) is 0. The average molecular weight is 120 g/mol. The Bertz CT molecular complexity index is 16.8. The van der Waals surface area contributed by atoms with Crippen LogP contribution in [0.5, 0.6) is 0 Å². The van der Waals surface area contributed by atoms with Gasteiger partial charge in [0, 0.05) is 40.4 Å². The van der Waals surface area contributed by atoms with E-state index >= 15 is 0 Å². The maximum absolute atomic E-state index is 2.33. The Hall–Kier alpha value is 1.50. The molecule has 0 spiro atoms. The van der Waals surface area contributed by atoms with Gasteiger partial charge in [0.05, 0.1) is 0 Å². The van der Waals surface area contributed by atoms with E-state index in [1.165, 1.54) is 0 Å². The highest BCUT2D eigenvalue weighted by Gasteiger charge is 0.502. The molecule has 0 aliphatic rings. The van der Waals surface area contributed by atoms with Gasteiger partial charge >= 0.3 is 0 Å². The second-order valence-corrected chi connectivity index (χ2v) is 0. The third-order valence-electron chi connectivity index (χ3n) is 0. The fraction of sp³-hybridized carbons (Fsp3) is 0. The quantitative estimate of drug-likeness (QED) is 0.357. The highest BCUT2D eigenvalue weighted by Crippen LogP contribution is 0.197. The van der Waals surface area contributed by atoms with Crippen LogP contribution in [-0.4, -0.2) is 53.0 Å². The summed E-state index contributed by atoms with van der Waals surface area (Å²) >= 11 is 0. The van der Waals surface area contributed by atoms with E-state index in [2.05, 4.69) is 18.3 Å². The van der Waals surface area contributed by atoms with Gasteiger partial charge < -0.3 is 0 Å². The monoisotopic (exact) mass is 120 g/mol. The topological polar surface area (TPSA) is 0 Å². The number of hydrogen-bond acceptors (Lipinski definition) is 0. The van der Waals surface area contributed by atoms with Gasteiger partial charge in [0.25, 0.3) is 0 Å². The summed E-state index contributed by atoms with van der Waals surface area (Å²) in [6, 6.07) is 0. The van der Waals surface area contributed by atoms with Crippen molar-refractivity contribution in [3.05, 3.63) is 0 Å². The smallest absolute Gasteiger partial charge is 0 e. The number of rotatable bonds is 0. The predicted molar refractivity (Wildman–Crippen MR) is 34.3 cm³/mol. The van der Waals surface area contributed by atoms with Gasteiger partial charge in [-0.1, -0.05) is 18.3 Å². The molecule has 0 aliphatic heterocycles. The van der Waals surface area contributed by atoms with Crippen molar-refractivity contribution in [2.24, 2.45) is 0 Å². The van der Waals surface area contributed by atoms with Crippen molar-refractivity contribution in [3.63, 3.8) is 0 Å². The molecule has 0 amide bonds. The zero-order valence-electron chi connectivity index (χ0n) is 2.31. The molecule has 4 heavy (non-hydrogen) atoms. The maximum Gasteiger partial charge on any atom is 0 e. The summed E-state index contributed by atoms with van der Waals surface area (Å²) in [5.74, 6) is 0. The van der Waals surface area contributed by atoms with Crippen LogP contribution < -0.4 is 0 Å². The second kappa shape index (κ2) is 24.5. The first-order valence-corrected chi connectivity index (χ1v) is 3.00. The minimum Gasteiger partial charge on any atom is -0.0757 e. The highest BCUT2D eigenvalue weighted by molar-refractivity contribution is 6.33. The van der Waals surface area contributed by atoms with Crippen molar-refractivity contribution in [2.75, 3.05) is 0 Å². The van der Waals surface area contributed by atoms with Crippen molar-refractivity contribution in [2.45, 2.75) is 0 Å². The van der Waals surface area contributed by atoms with Crippen LogP contribution in [0.2, 0.25) is 0 Å². The summed E-state index contributed by atoms with van der Waals surface area (Å²) in [5.41, 5.74) is 0. The predicted octanol–water partition coefficient (Wildman–Crippen LogP) is -1.07. The lowest BCUT2D eigenvalue weighted by Crippen LogP contribution is -0.958. The zero-order valence-corrected chi connectivity index (χ0v) is 6.93. The van der Waals surface area contributed by atoms with E-state index in [1.807, 2.05) is 0 Å². The van der Waals surface area contributed by atoms with Gasteiger partial charge in [0.15, 0.2) is 0 Å². The van der Waals surface area contributed by atoms with Crippen molar-refractivity contribution < 1.29 is 5.71 Å². The molecule has 0 N–H and O–H groups in total. The van der Waals surface area contributed by atoms with Crippen molar-refractivity contribution in [1.82, 2.24) is 0 Å². The summed E-state index contributed by atoms with van der Waals surface area (Å²) in [5, 5.41) is 0. The Kier molecular flexibility index (Phi) is 109. The maximum atomic E-state index is 2.33.